The monoisotopic (exact) mass is 373 g/mol. The average Bonchev–Trinajstić information content (AvgIpc) is 3.31. The molecule has 0 atom stereocenters. The van der Waals surface area contributed by atoms with E-state index in [4.69, 9.17) is 4.74 Å². The normalized spacial score (nSPS) is 11.3. The van der Waals surface area contributed by atoms with Gasteiger partial charge in [-0.2, -0.15) is 5.10 Å². The summed E-state index contributed by atoms with van der Waals surface area (Å²) in [5.74, 6) is -0.00486. The molecule has 11 nitrogen and oxygen atoms in total. The molecule has 26 heavy (non-hydrogen) atoms. The van der Waals surface area contributed by atoms with Crippen molar-refractivity contribution in [2.24, 2.45) is 0 Å². The summed E-state index contributed by atoms with van der Waals surface area (Å²) in [6.07, 6.45) is 3.99. The summed E-state index contributed by atoms with van der Waals surface area (Å²) >= 11 is 1.23. The SMILES string of the molecule is COC(=O)c1sc2ncn3nc(Cn4cc([N+](=O)[O-])cn4)nc3c2c1C. The molecule has 132 valence electrons. The lowest BCUT2D eigenvalue weighted by Crippen LogP contribution is -2.02. The van der Waals surface area contributed by atoms with Gasteiger partial charge in [-0.1, -0.05) is 0 Å². The summed E-state index contributed by atoms with van der Waals surface area (Å²) in [6.45, 7) is 1.97. The summed E-state index contributed by atoms with van der Waals surface area (Å²) in [4.78, 5) is 32.0. The topological polar surface area (TPSA) is 130 Å². The lowest BCUT2D eigenvalue weighted by molar-refractivity contribution is -0.385. The molecular formula is C14H11N7O4S. The van der Waals surface area contributed by atoms with Crippen molar-refractivity contribution in [3.8, 4) is 0 Å². The van der Waals surface area contributed by atoms with Gasteiger partial charge >= 0.3 is 11.7 Å². The van der Waals surface area contributed by atoms with Gasteiger partial charge < -0.3 is 4.74 Å². The molecule has 0 unspecified atom stereocenters. The average molecular weight is 373 g/mol. The van der Waals surface area contributed by atoms with E-state index < -0.39 is 10.9 Å². The Morgan fingerprint density at radius 3 is 2.96 bits per heavy atom. The van der Waals surface area contributed by atoms with E-state index >= 15 is 0 Å². The first-order valence-electron chi connectivity index (χ1n) is 7.36. The van der Waals surface area contributed by atoms with Crippen molar-refractivity contribution in [2.75, 3.05) is 7.11 Å². The summed E-state index contributed by atoms with van der Waals surface area (Å²) in [7, 11) is 1.33. The van der Waals surface area contributed by atoms with Crippen LogP contribution in [0.2, 0.25) is 0 Å². The summed E-state index contributed by atoms with van der Waals surface area (Å²) < 4.78 is 7.70. The molecule has 0 radical (unpaired) electrons. The molecule has 0 amide bonds. The molecular weight excluding hydrogens is 362 g/mol. The number of nitro groups is 1. The van der Waals surface area contributed by atoms with Crippen LogP contribution >= 0.6 is 11.3 Å². The molecule has 0 saturated heterocycles. The number of carbonyl (C=O) groups excluding carboxylic acids is 1. The van der Waals surface area contributed by atoms with Crippen LogP contribution in [0.25, 0.3) is 15.9 Å². The van der Waals surface area contributed by atoms with E-state index in [0.717, 1.165) is 10.9 Å². The minimum atomic E-state index is -0.517. The highest BCUT2D eigenvalue weighted by atomic mass is 32.1. The molecule has 0 aliphatic heterocycles. The Balaban J connectivity index is 1.78. The van der Waals surface area contributed by atoms with Gasteiger partial charge in [-0.25, -0.2) is 19.3 Å². The predicted molar refractivity (Wildman–Crippen MR) is 90.2 cm³/mol. The molecule has 0 aromatic carbocycles. The first-order valence-corrected chi connectivity index (χ1v) is 8.18. The molecule has 4 aromatic rings. The molecule has 0 spiro atoms. The number of methoxy groups -OCH3 is 1. The van der Waals surface area contributed by atoms with Crippen molar-refractivity contribution in [2.45, 2.75) is 13.5 Å². The van der Waals surface area contributed by atoms with Crippen LogP contribution in [0.1, 0.15) is 21.1 Å². The van der Waals surface area contributed by atoms with E-state index in [9.17, 15) is 14.9 Å². The fourth-order valence-corrected chi connectivity index (χ4v) is 3.67. The Morgan fingerprint density at radius 1 is 1.46 bits per heavy atom. The number of carbonyl (C=O) groups is 1. The van der Waals surface area contributed by atoms with Gasteiger partial charge in [0, 0.05) is 0 Å². The number of ether oxygens (including phenoxy) is 1. The Hall–Kier alpha value is -3.41. The number of hydrogen-bond donors (Lipinski definition) is 0. The third-order valence-electron chi connectivity index (χ3n) is 3.82. The van der Waals surface area contributed by atoms with Gasteiger partial charge in [0.05, 0.1) is 17.4 Å². The number of hydrogen-bond acceptors (Lipinski definition) is 9. The molecule has 0 N–H and O–H groups in total. The van der Waals surface area contributed by atoms with Gasteiger partial charge in [-0.05, 0) is 12.5 Å². The zero-order chi connectivity index (χ0) is 18.4. The van der Waals surface area contributed by atoms with Gasteiger partial charge in [0.1, 0.15) is 35.0 Å². The first kappa shape index (κ1) is 16.1. The maximum atomic E-state index is 11.9. The Bertz CT molecular complexity index is 1180. The van der Waals surface area contributed by atoms with Crippen molar-refractivity contribution < 1.29 is 14.5 Å². The van der Waals surface area contributed by atoms with Crippen LogP contribution in [0.5, 0.6) is 0 Å². The number of thiophene rings is 1. The highest BCUT2D eigenvalue weighted by molar-refractivity contribution is 7.20. The largest absolute Gasteiger partial charge is 0.465 e. The fourth-order valence-electron chi connectivity index (χ4n) is 2.61. The molecule has 0 bridgehead atoms. The van der Waals surface area contributed by atoms with Gasteiger partial charge in [0.25, 0.3) is 0 Å². The number of aryl methyl sites for hydroxylation is 1. The molecule has 0 aliphatic carbocycles. The summed E-state index contributed by atoms with van der Waals surface area (Å²) in [5, 5.41) is 19.7. The van der Waals surface area contributed by atoms with Crippen LogP contribution in [0.15, 0.2) is 18.7 Å². The molecule has 0 aliphatic rings. The minimum absolute atomic E-state index is 0.103. The van der Waals surface area contributed by atoms with Gasteiger partial charge in [-0.3, -0.25) is 14.8 Å². The summed E-state index contributed by atoms with van der Waals surface area (Å²) in [5.41, 5.74) is 1.17. The van der Waals surface area contributed by atoms with Crippen molar-refractivity contribution in [1.82, 2.24) is 29.4 Å². The lowest BCUT2D eigenvalue weighted by atomic mass is 10.2. The highest BCUT2D eigenvalue weighted by Crippen LogP contribution is 2.32. The van der Waals surface area contributed by atoms with Gasteiger partial charge in [0.2, 0.25) is 0 Å². The second kappa shape index (κ2) is 5.84. The molecule has 0 fully saturated rings. The third-order valence-corrected chi connectivity index (χ3v) is 5.00. The van der Waals surface area contributed by atoms with Crippen molar-refractivity contribution in [1.29, 1.82) is 0 Å². The zero-order valence-corrected chi connectivity index (χ0v) is 14.4. The maximum Gasteiger partial charge on any atom is 0.348 e. The predicted octanol–water partition coefficient (Wildman–Crippen LogP) is 1.59. The smallest absolute Gasteiger partial charge is 0.348 e. The second-order valence-electron chi connectivity index (χ2n) is 5.42. The number of nitrogens with zero attached hydrogens (tertiary/aromatic N) is 7. The van der Waals surface area contributed by atoms with Crippen LogP contribution in [0.3, 0.4) is 0 Å². The molecule has 4 aromatic heterocycles. The van der Waals surface area contributed by atoms with E-state index in [1.54, 1.807) is 6.92 Å². The van der Waals surface area contributed by atoms with Crippen LogP contribution in [0.4, 0.5) is 5.69 Å². The number of esters is 1. The highest BCUT2D eigenvalue weighted by Gasteiger charge is 2.20. The van der Waals surface area contributed by atoms with E-state index in [2.05, 4.69) is 20.2 Å². The Kier molecular flexibility index (Phi) is 3.61. The number of fused-ring (bicyclic) bond motifs is 3. The molecule has 12 heteroatoms. The Morgan fingerprint density at radius 2 is 2.27 bits per heavy atom. The van der Waals surface area contributed by atoms with Gasteiger partial charge in [-0.15, -0.1) is 16.4 Å². The number of aromatic nitrogens is 6. The van der Waals surface area contributed by atoms with Crippen molar-refractivity contribution >= 4 is 38.9 Å². The van der Waals surface area contributed by atoms with Crippen LogP contribution in [-0.4, -0.2) is 47.4 Å². The number of rotatable bonds is 4. The quantitative estimate of drug-likeness (QED) is 0.299. The van der Waals surface area contributed by atoms with Crippen LogP contribution in [-0.2, 0) is 11.3 Å². The van der Waals surface area contributed by atoms with Gasteiger partial charge in [0.15, 0.2) is 11.5 Å². The maximum absolute atomic E-state index is 11.9. The van der Waals surface area contributed by atoms with Crippen molar-refractivity contribution in [3.05, 3.63) is 45.1 Å². The van der Waals surface area contributed by atoms with Crippen LogP contribution in [0, 0.1) is 17.0 Å². The first-order chi connectivity index (χ1) is 12.5. The van der Waals surface area contributed by atoms with E-state index in [1.807, 2.05) is 0 Å². The minimum Gasteiger partial charge on any atom is -0.465 e. The van der Waals surface area contributed by atoms with Crippen LogP contribution < -0.4 is 0 Å². The molecule has 0 saturated carbocycles. The lowest BCUT2D eigenvalue weighted by Gasteiger charge is -1.96. The van der Waals surface area contributed by atoms with Crippen molar-refractivity contribution in [3.63, 3.8) is 0 Å². The van der Waals surface area contributed by atoms with E-state index in [1.165, 1.54) is 46.4 Å². The second-order valence-corrected chi connectivity index (χ2v) is 6.42. The molecule has 4 heterocycles. The zero-order valence-electron chi connectivity index (χ0n) is 13.6. The standard InChI is InChI=1S/C14H11N7O4S/c1-7-10-12-17-9(5-19-4-8(3-16-19)21(23)24)18-20(12)6-15-13(10)26-11(7)14(22)25-2/h3-4,6H,5H2,1-2H3. The van der Waals surface area contributed by atoms with E-state index in [-0.39, 0.29) is 12.2 Å². The Labute approximate surface area is 149 Å². The third kappa shape index (κ3) is 2.47. The van der Waals surface area contributed by atoms with E-state index in [0.29, 0.717) is 21.2 Å². The fraction of sp³-hybridized carbons (Fsp3) is 0.214. The molecule has 4 rings (SSSR count). The summed E-state index contributed by atoms with van der Waals surface area (Å²) in [6, 6.07) is 0.